The molecule has 0 fully saturated rings. The van der Waals surface area contributed by atoms with Crippen LogP contribution in [0.3, 0.4) is 0 Å². The highest BCUT2D eigenvalue weighted by atomic mass is 16.5. The van der Waals surface area contributed by atoms with Crippen molar-refractivity contribution in [3.63, 3.8) is 0 Å². The summed E-state index contributed by atoms with van der Waals surface area (Å²) in [5.41, 5.74) is 2.60. The van der Waals surface area contributed by atoms with Crippen LogP contribution < -0.4 is 4.74 Å². The molecule has 2 aromatic rings. The van der Waals surface area contributed by atoms with Gasteiger partial charge in [0, 0.05) is 5.56 Å². The van der Waals surface area contributed by atoms with Gasteiger partial charge in [-0.05, 0) is 36.8 Å². The van der Waals surface area contributed by atoms with E-state index in [1.807, 2.05) is 37.3 Å². The molecule has 0 bridgehead atoms. The lowest BCUT2D eigenvalue weighted by Crippen LogP contribution is -1.93. The summed E-state index contributed by atoms with van der Waals surface area (Å²) in [6, 6.07) is 18.8. The number of ether oxygens (including phenoxy) is 1. The zero-order valence-electron chi connectivity index (χ0n) is 11.7. The Balaban J connectivity index is 2.46. The predicted molar refractivity (Wildman–Crippen MR) is 82.3 cm³/mol. The van der Waals surface area contributed by atoms with E-state index in [4.69, 9.17) is 10.00 Å². The van der Waals surface area contributed by atoms with Crippen molar-refractivity contribution in [1.82, 2.24) is 0 Å². The van der Waals surface area contributed by atoms with Crippen molar-refractivity contribution in [2.75, 3.05) is 6.61 Å². The van der Waals surface area contributed by atoms with Crippen LogP contribution in [0, 0.1) is 22.7 Å². The van der Waals surface area contributed by atoms with E-state index in [0.29, 0.717) is 17.7 Å². The highest BCUT2D eigenvalue weighted by Crippen LogP contribution is 2.24. The van der Waals surface area contributed by atoms with Gasteiger partial charge in [-0.2, -0.15) is 10.5 Å². The molecule has 0 amide bonds. The van der Waals surface area contributed by atoms with Gasteiger partial charge in [-0.25, -0.2) is 0 Å². The van der Waals surface area contributed by atoms with E-state index < -0.39 is 0 Å². The van der Waals surface area contributed by atoms with E-state index in [9.17, 15) is 5.26 Å². The average molecular weight is 274 g/mol. The van der Waals surface area contributed by atoms with Gasteiger partial charge in [0.2, 0.25) is 0 Å². The fourth-order valence-corrected chi connectivity index (χ4v) is 1.98. The standard InChI is InChI=1S/C18H14N2O/c1-2-21-18-9-4-3-7-16(18)11-17(13-20)15-8-5-6-14(10-15)12-19/h3-11H,2H2,1H3/b17-11-. The van der Waals surface area contributed by atoms with Crippen LogP contribution in [0.5, 0.6) is 5.75 Å². The third-order valence-electron chi connectivity index (χ3n) is 2.94. The maximum Gasteiger partial charge on any atom is 0.126 e. The number of allylic oxidation sites excluding steroid dienone is 1. The van der Waals surface area contributed by atoms with Crippen LogP contribution >= 0.6 is 0 Å². The second kappa shape index (κ2) is 6.93. The smallest absolute Gasteiger partial charge is 0.126 e. The molecule has 0 aliphatic rings. The van der Waals surface area contributed by atoms with Crippen molar-refractivity contribution >= 4 is 11.6 Å². The zero-order chi connectivity index (χ0) is 15.1. The predicted octanol–water partition coefficient (Wildman–Crippen LogP) is 4.02. The van der Waals surface area contributed by atoms with Crippen LogP contribution in [0.25, 0.3) is 11.6 Å². The fraction of sp³-hybridized carbons (Fsp3) is 0.111. The van der Waals surface area contributed by atoms with Gasteiger partial charge in [-0.1, -0.05) is 30.3 Å². The summed E-state index contributed by atoms with van der Waals surface area (Å²) in [5.74, 6) is 0.740. The maximum absolute atomic E-state index is 9.38. The van der Waals surface area contributed by atoms with Gasteiger partial charge in [-0.15, -0.1) is 0 Å². The van der Waals surface area contributed by atoms with Crippen molar-refractivity contribution in [2.24, 2.45) is 0 Å². The average Bonchev–Trinajstić information content (AvgIpc) is 2.54. The minimum absolute atomic E-state index is 0.499. The van der Waals surface area contributed by atoms with Crippen molar-refractivity contribution in [2.45, 2.75) is 6.92 Å². The SMILES string of the molecule is CCOc1ccccc1/C=C(/C#N)c1cccc(C#N)c1. The number of nitriles is 2. The van der Waals surface area contributed by atoms with Gasteiger partial charge in [0.15, 0.2) is 0 Å². The Labute approximate surface area is 124 Å². The maximum atomic E-state index is 9.38. The first kappa shape index (κ1) is 14.4. The van der Waals surface area contributed by atoms with Crippen LogP contribution in [0.1, 0.15) is 23.6 Å². The van der Waals surface area contributed by atoms with E-state index in [2.05, 4.69) is 12.1 Å². The molecule has 0 saturated carbocycles. The molecule has 2 rings (SSSR count). The van der Waals surface area contributed by atoms with Crippen LogP contribution in [-0.2, 0) is 0 Å². The number of hydrogen-bond acceptors (Lipinski definition) is 3. The Bertz CT molecular complexity index is 748. The zero-order valence-corrected chi connectivity index (χ0v) is 11.7. The molecular formula is C18H14N2O. The fourth-order valence-electron chi connectivity index (χ4n) is 1.98. The van der Waals surface area contributed by atoms with Gasteiger partial charge in [-0.3, -0.25) is 0 Å². The van der Waals surface area contributed by atoms with E-state index in [-0.39, 0.29) is 0 Å². The third-order valence-corrected chi connectivity index (χ3v) is 2.94. The van der Waals surface area contributed by atoms with Crippen molar-refractivity contribution in [3.8, 4) is 17.9 Å². The summed E-state index contributed by atoms with van der Waals surface area (Å²) in [6.07, 6.45) is 1.78. The lowest BCUT2D eigenvalue weighted by atomic mass is 10.0. The molecule has 3 nitrogen and oxygen atoms in total. The molecule has 0 aromatic heterocycles. The molecule has 0 spiro atoms. The summed E-state index contributed by atoms with van der Waals surface area (Å²) >= 11 is 0. The number of para-hydroxylation sites is 1. The summed E-state index contributed by atoms with van der Waals surface area (Å²) in [5, 5.41) is 18.3. The molecular weight excluding hydrogens is 260 g/mol. The monoisotopic (exact) mass is 274 g/mol. The van der Waals surface area contributed by atoms with Gasteiger partial charge in [0.05, 0.1) is 29.9 Å². The molecule has 0 N–H and O–H groups in total. The second-order valence-electron chi connectivity index (χ2n) is 4.33. The Morgan fingerprint density at radius 2 is 1.95 bits per heavy atom. The quantitative estimate of drug-likeness (QED) is 0.625. The van der Waals surface area contributed by atoms with Crippen LogP contribution in [0.4, 0.5) is 0 Å². The molecule has 2 aromatic carbocycles. The number of hydrogen-bond donors (Lipinski definition) is 0. The molecule has 21 heavy (non-hydrogen) atoms. The Morgan fingerprint density at radius 1 is 1.14 bits per heavy atom. The van der Waals surface area contributed by atoms with Crippen LogP contribution in [0.15, 0.2) is 48.5 Å². The molecule has 102 valence electrons. The largest absolute Gasteiger partial charge is 0.493 e. The Hall–Kier alpha value is -3.04. The molecule has 0 atom stereocenters. The Morgan fingerprint density at radius 3 is 2.67 bits per heavy atom. The van der Waals surface area contributed by atoms with Crippen molar-refractivity contribution in [1.29, 1.82) is 10.5 Å². The van der Waals surface area contributed by atoms with Gasteiger partial charge in [0.25, 0.3) is 0 Å². The summed E-state index contributed by atoms with van der Waals surface area (Å²) in [6.45, 7) is 2.48. The number of rotatable bonds is 4. The summed E-state index contributed by atoms with van der Waals surface area (Å²) in [7, 11) is 0. The highest BCUT2D eigenvalue weighted by Gasteiger charge is 2.05. The lowest BCUT2D eigenvalue weighted by Gasteiger charge is -2.07. The normalized spacial score (nSPS) is 10.5. The van der Waals surface area contributed by atoms with E-state index in [1.165, 1.54) is 0 Å². The van der Waals surface area contributed by atoms with Crippen molar-refractivity contribution < 1.29 is 4.74 Å². The first-order chi connectivity index (χ1) is 10.3. The number of nitrogens with zero attached hydrogens (tertiary/aromatic N) is 2. The molecule has 3 heteroatoms. The summed E-state index contributed by atoms with van der Waals surface area (Å²) in [4.78, 5) is 0. The number of benzene rings is 2. The highest BCUT2D eigenvalue weighted by molar-refractivity contribution is 5.90. The minimum Gasteiger partial charge on any atom is -0.493 e. The topological polar surface area (TPSA) is 56.8 Å². The van der Waals surface area contributed by atoms with E-state index >= 15 is 0 Å². The first-order valence-corrected chi connectivity index (χ1v) is 6.62. The molecule has 0 aliphatic heterocycles. The minimum atomic E-state index is 0.499. The lowest BCUT2D eigenvalue weighted by molar-refractivity contribution is 0.339. The van der Waals surface area contributed by atoms with Crippen LogP contribution in [-0.4, -0.2) is 6.61 Å². The van der Waals surface area contributed by atoms with Gasteiger partial charge < -0.3 is 4.74 Å². The van der Waals surface area contributed by atoms with Crippen LogP contribution in [0.2, 0.25) is 0 Å². The van der Waals surface area contributed by atoms with Gasteiger partial charge in [0.1, 0.15) is 5.75 Å². The second-order valence-corrected chi connectivity index (χ2v) is 4.33. The van der Waals surface area contributed by atoms with E-state index in [1.54, 1.807) is 24.3 Å². The van der Waals surface area contributed by atoms with Gasteiger partial charge >= 0.3 is 0 Å². The molecule has 0 radical (unpaired) electrons. The van der Waals surface area contributed by atoms with E-state index in [0.717, 1.165) is 16.9 Å². The third kappa shape index (κ3) is 3.49. The summed E-state index contributed by atoms with van der Waals surface area (Å²) < 4.78 is 5.56. The van der Waals surface area contributed by atoms with Crippen molar-refractivity contribution in [3.05, 3.63) is 65.2 Å². The molecule has 0 aliphatic carbocycles. The molecule has 0 heterocycles. The molecule has 0 saturated heterocycles. The molecule has 0 unspecified atom stereocenters. The first-order valence-electron chi connectivity index (χ1n) is 6.62. The Kier molecular flexibility index (Phi) is 4.75.